The fraction of sp³-hybridized carbons (Fsp3) is 0.462. The van der Waals surface area contributed by atoms with Crippen molar-refractivity contribution in [3.63, 3.8) is 0 Å². The number of aromatic nitrogens is 4. The monoisotopic (exact) mass is 245 g/mol. The number of nitrogens with zero attached hydrogens (tertiary/aromatic N) is 4. The van der Waals surface area contributed by atoms with E-state index in [-0.39, 0.29) is 5.41 Å². The topological polar surface area (TPSA) is 55.6 Å². The van der Waals surface area contributed by atoms with Crippen molar-refractivity contribution in [2.75, 3.05) is 12.4 Å². The summed E-state index contributed by atoms with van der Waals surface area (Å²) in [5.74, 6) is 1.54. The highest BCUT2D eigenvalue weighted by Crippen LogP contribution is 2.25. The molecule has 2 heterocycles. The van der Waals surface area contributed by atoms with Crippen molar-refractivity contribution in [1.82, 2.24) is 19.7 Å². The Kier molecular flexibility index (Phi) is 3.07. The third kappa shape index (κ3) is 2.50. The molecular formula is C13H19N5. The van der Waals surface area contributed by atoms with E-state index in [1.807, 2.05) is 26.4 Å². The Morgan fingerprint density at radius 2 is 1.94 bits per heavy atom. The highest BCUT2D eigenvalue weighted by Gasteiger charge is 2.18. The molecule has 2 aromatic rings. The second-order valence-electron chi connectivity index (χ2n) is 5.36. The lowest BCUT2D eigenvalue weighted by Gasteiger charge is -2.19. The number of nitrogens with one attached hydrogen (secondary N) is 1. The number of hydrogen-bond acceptors (Lipinski definition) is 4. The first-order chi connectivity index (χ1) is 8.40. The Labute approximate surface area is 107 Å². The van der Waals surface area contributed by atoms with Crippen LogP contribution in [0.3, 0.4) is 0 Å². The molecule has 0 aromatic carbocycles. The lowest BCUT2D eigenvalue weighted by Crippen LogP contribution is -2.15. The van der Waals surface area contributed by atoms with Gasteiger partial charge in [-0.15, -0.1) is 0 Å². The molecule has 0 saturated carbocycles. The van der Waals surface area contributed by atoms with E-state index >= 15 is 0 Å². The average Bonchev–Trinajstić information content (AvgIpc) is 2.74. The lowest BCUT2D eigenvalue weighted by molar-refractivity contribution is 0.568. The SMILES string of the molecule is CNc1cc(C(C)(C)C)nc(-c2cnn(C)c2)n1. The first kappa shape index (κ1) is 12.5. The molecule has 0 aliphatic rings. The van der Waals surface area contributed by atoms with E-state index in [2.05, 4.69) is 41.2 Å². The van der Waals surface area contributed by atoms with Crippen LogP contribution in [0.4, 0.5) is 5.82 Å². The van der Waals surface area contributed by atoms with E-state index in [4.69, 9.17) is 0 Å². The lowest BCUT2D eigenvalue weighted by atomic mass is 9.92. The van der Waals surface area contributed by atoms with Gasteiger partial charge in [-0.3, -0.25) is 4.68 Å². The smallest absolute Gasteiger partial charge is 0.164 e. The van der Waals surface area contributed by atoms with Crippen LogP contribution < -0.4 is 5.32 Å². The van der Waals surface area contributed by atoms with Gasteiger partial charge in [0.2, 0.25) is 0 Å². The maximum Gasteiger partial charge on any atom is 0.164 e. The summed E-state index contributed by atoms with van der Waals surface area (Å²) in [6.07, 6.45) is 3.70. The van der Waals surface area contributed by atoms with Crippen molar-refractivity contribution in [3.8, 4) is 11.4 Å². The van der Waals surface area contributed by atoms with Gasteiger partial charge in [0.05, 0.1) is 17.5 Å². The van der Waals surface area contributed by atoms with E-state index in [1.54, 1.807) is 10.9 Å². The molecule has 0 saturated heterocycles. The normalized spacial score (nSPS) is 11.6. The van der Waals surface area contributed by atoms with Crippen molar-refractivity contribution in [2.45, 2.75) is 26.2 Å². The maximum absolute atomic E-state index is 4.63. The van der Waals surface area contributed by atoms with Crippen LogP contribution in [0.25, 0.3) is 11.4 Å². The predicted octanol–water partition coefficient (Wildman–Crippen LogP) is 2.22. The summed E-state index contributed by atoms with van der Waals surface area (Å²) in [5.41, 5.74) is 1.94. The Morgan fingerprint density at radius 3 is 2.44 bits per heavy atom. The van der Waals surface area contributed by atoms with Gasteiger partial charge >= 0.3 is 0 Å². The van der Waals surface area contributed by atoms with Crippen molar-refractivity contribution in [3.05, 3.63) is 24.2 Å². The first-order valence-electron chi connectivity index (χ1n) is 5.96. The highest BCUT2D eigenvalue weighted by atomic mass is 15.2. The molecule has 2 aromatic heterocycles. The fourth-order valence-corrected chi connectivity index (χ4v) is 1.63. The molecule has 2 rings (SSSR count). The quantitative estimate of drug-likeness (QED) is 0.881. The van der Waals surface area contributed by atoms with Crippen LogP contribution in [0.15, 0.2) is 18.5 Å². The van der Waals surface area contributed by atoms with E-state index in [1.165, 1.54) is 0 Å². The van der Waals surface area contributed by atoms with E-state index < -0.39 is 0 Å². The summed E-state index contributed by atoms with van der Waals surface area (Å²) >= 11 is 0. The van der Waals surface area contributed by atoms with E-state index in [9.17, 15) is 0 Å². The van der Waals surface area contributed by atoms with Crippen LogP contribution in [0.1, 0.15) is 26.5 Å². The molecule has 0 amide bonds. The molecular weight excluding hydrogens is 226 g/mol. The van der Waals surface area contributed by atoms with Gasteiger partial charge in [-0.05, 0) is 0 Å². The Morgan fingerprint density at radius 1 is 1.22 bits per heavy atom. The maximum atomic E-state index is 4.63. The van der Waals surface area contributed by atoms with Crippen LogP contribution in [-0.4, -0.2) is 26.8 Å². The van der Waals surface area contributed by atoms with Gasteiger partial charge in [-0.1, -0.05) is 20.8 Å². The molecule has 96 valence electrons. The van der Waals surface area contributed by atoms with Gasteiger partial charge in [0, 0.05) is 31.8 Å². The van der Waals surface area contributed by atoms with Crippen molar-refractivity contribution < 1.29 is 0 Å². The molecule has 0 aliphatic carbocycles. The molecule has 0 atom stereocenters. The molecule has 0 spiro atoms. The van der Waals surface area contributed by atoms with Gasteiger partial charge in [-0.25, -0.2) is 9.97 Å². The standard InChI is InChI=1S/C13H19N5/c1-13(2,3)10-6-11(14-4)17-12(16-10)9-7-15-18(5)8-9/h6-8H,1-5H3,(H,14,16,17). The third-order valence-electron chi connectivity index (χ3n) is 2.71. The summed E-state index contributed by atoms with van der Waals surface area (Å²) in [4.78, 5) is 9.11. The Bertz CT molecular complexity index is 551. The second-order valence-corrected chi connectivity index (χ2v) is 5.36. The molecule has 18 heavy (non-hydrogen) atoms. The molecule has 0 fully saturated rings. The minimum absolute atomic E-state index is 0.00843. The zero-order valence-electron chi connectivity index (χ0n) is 11.5. The van der Waals surface area contributed by atoms with E-state index in [0.29, 0.717) is 5.82 Å². The summed E-state index contributed by atoms with van der Waals surface area (Å²) in [7, 11) is 3.75. The van der Waals surface area contributed by atoms with Gasteiger partial charge in [0.25, 0.3) is 0 Å². The zero-order chi connectivity index (χ0) is 13.3. The summed E-state index contributed by atoms with van der Waals surface area (Å²) < 4.78 is 1.75. The minimum Gasteiger partial charge on any atom is -0.373 e. The van der Waals surface area contributed by atoms with Crippen LogP contribution in [-0.2, 0) is 12.5 Å². The third-order valence-corrected chi connectivity index (χ3v) is 2.71. The van der Waals surface area contributed by atoms with Crippen LogP contribution in [0.5, 0.6) is 0 Å². The van der Waals surface area contributed by atoms with Gasteiger partial charge in [-0.2, -0.15) is 5.10 Å². The second kappa shape index (κ2) is 4.40. The molecule has 0 aliphatic heterocycles. The summed E-state index contributed by atoms with van der Waals surface area (Å²) in [6.45, 7) is 6.42. The van der Waals surface area contributed by atoms with Crippen LogP contribution in [0, 0.1) is 0 Å². The molecule has 5 heteroatoms. The Balaban J connectivity index is 2.54. The predicted molar refractivity (Wildman–Crippen MR) is 72.5 cm³/mol. The molecule has 0 radical (unpaired) electrons. The van der Waals surface area contributed by atoms with Crippen molar-refractivity contribution >= 4 is 5.82 Å². The number of hydrogen-bond donors (Lipinski definition) is 1. The van der Waals surface area contributed by atoms with Crippen molar-refractivity contribution in [2.24, 2.45) is 7.05 Å². The van der Waals surface area contributed by atoms with Gasteiger partial charge < -0.3 is 5.32 Å². The first-order valence-corrected chi connectivity index (χ1v) is 5.96. The summed E-state index contributed by atoms with van der Waals surface area (Å²) in [5, 5.41) is 7.23. The van der Waals surface area contributed by atoms with Crippen LogP contribution in [0.2, 0.25) is 0 Å². The van der Waals surface area contributed by atoms with Crippen LogP contribution >= 0.6 is 0 Å². The number of rotatable bonds is 2. The average molecular weight is 245 g/mol. The zero-order valence-corrected chi connectivity index (χ0v) is 11.5. The number of anilines is 1. The van der Waals surface area contributed by atoms with Crippen molar-refractivity contribution in [1.29, 1.82) is 0 Å². The highest BCUT2D eigenvalue weighted by molar-refractivity contribution is 5.56. The summed E-state index contributed by atoms with van der Waals surface area (Å²) in [6, 6.07) is 1.99. The molecule has 0 unspecified atom stereocenters. The molecule has 1 N–H and O–H groups in total. The fourth-order valence-electron chi connectivity index (χ4n) is 1.63. The minimum atomic E-state index is -0.00843. The Hall–Kier alpha value is -1.91. The van der Waals surface area contributed by atoms with E-state index in [0.717, 1.165) is 17.1 Å². The molecule has 5 nitrogen and oxygen atoms in total. The van der Waals surface area contributed by atoms with Gasteiger partial charge in [0.15, 0.2) is 5.82 Å². The number of aryl methyl sites for hydroxylation is 1. The van der Waals surface area contributed by atoms with Gasteiger partial charge in [0.1, 0.15) is 5.82 Å². The molecule has 0 bridgehead atoms. The largest absolute Gasteiger partial charge is 0.373 e.